The first kappa shape index (κ1) is 18.5. The van der Waals surface area contributed by atoms with E-state index in [2.05, 4.69) is 89.3 Å². The lowest BCUT2D eigenvalue weighted by Gasteiger charge is -2.26. The van der Waals surface area contributed by atoms with E-state index >= 15 is 0 Å². The summed E-state index contributed by atoms with van der Waals surface area (Å²) in [4.78, 5) is 3.42. The third-order valence-corrected chi connectivity index (χ3v) is 5.13. The van der Waals surface area contributed by atoms with Crippen LogP contribution in [0.15, 0.2) is 89.8 Å². The molecule has 3 aromatic carbocycles. The molecule has 0 aromatic heterocycles. The predicted octanol–water partition coefficient (Wildman–Crippen LogP) is 5.81. The van der Waals surface area contributed by atoms with Crippen molar-refractivity contribution in [1.82, 2.24) is 4.90 Å². The Labute approximate surface area is 165 Å². The number of nitrogens with one attached hydrogen (secondary N) is 1. The molecule has 3 rings (SSSR count). The van der Waals surface area contributed by atoms with E-state index in [-0.39, 0.29) is 0 Å². The minimum Gasteiger partial charge on any atom is -0.340 e. The lowest BCUT2D eigenvalue weighted by Crippen LogP contribution is -2.33. The Morgan fingerprint density at radius 2 is 1.42 bits per heavy atom. The van der Waals surface area contributed by atoms with Crippen molar-refractivity contribution in [1.29, 1.82) is 0 Å². The molecule has 0 aliphatic rings. The molecule has 0 saturated carbocycles. The van der Waals surface area contributed by atoms with Gasteiger partial charge in [0.15, 0.2) is 5.11 Å². The van der Waals surface area contributed by atoms with Crippen LogP contribution in [0, 0.1) is 0 Å². The Bertz CT molecular complexity index is 794. The van der Waals surface area contributed by atoms with Crippen LogP contribution >= 0.6 is 24.0 Å². The van der Waals surface area contributed by atoms with Crippen molar-refractivity contribution >= 4 is 34.8 Å². The van der Waals surface area contributed by atoms with Crippen LogP contribution in [-0.2, 0) is 13.1 Å². The maximum absolute atomic E-state index is 5.74. The number of hydrogen-bond donors (Lipinski definition) is 1. The Hall–Kier alpha value is -2.30. The maximum Gasteiger partial charge on any atom is 0.174 e. The molecule has 132 valence electrons. The molecule has 26 heavy (non-hydrogen) atoms. The summed E-state index contributed by atoms with van der Waals surface area (Å²) in [5.41, 5.74) is 3.50. The fraction of sp³-hybridized carbons (Fsp3) is 0.136. The van der Waals surface area contributed by atoms with Crippen LogP contribution in [-0.4, -0.2) is 16.3 Å². The molecule has 0 atom stereocenters. The second kappa shape index (κ2) is 9.41. The summed E-state index contributed by atoms with van der Waals surface area (Å²) in [6, 6.07) is 29.2. The van der Waals surface area contributed by atoms with Crippen molar-refractivity contribution < 1.29 is 0 Å². The SMILES string of the molecule is CSc1cccc(NC(=S)N(Cc2ccccc2)Cc2ccccc2)c1. The first-order valence-electron chi connectivity index (χ1n) is 8.52. The van der Waals surface area contributed by atoms with Crippen LogP contribution in [0.4, 0.5) is 5.69 Å². The topological polar surface area (TPSA) is 15.3 Å². The van der Waals surface area contributed by atoms with E-state index < -0.39 is 0 Å². The highest BCUT2D eigenvalue weighted by Gasteiger charge is 2.12. The zero-order chi connectivity index (χ0) is 18.2. The molecule has 0 saturated heterocycles. The average molecular weight is 379 g/mol. The van der Waals surface area contributed by atoms with E-state index in [0.29, 0.717) is 0 Å². The van der Waals surface area contributed by atoms with Crippen molar-refractivity contribution in [2.45, 2.75) is 18.0 Å². The highest BCUT2D eigenvalue weighted by molar-refractivity contribution is 7.98. The largest absolute Gasteiger partial charge is 0.340 e. The van der Waals surface area contributed by atoms with Crippen molar-refractivity contribution in [2.24, 2.45) is 0 Å². The van der Waals surface area contributed by atoms with Crippen LogP contribution in [0.25, 0.3) is 0 Å². The van der Waals surface area contributed by atoms with Gasteiger partial charge in [-0.15, -0.1) is 11.8 Å². The molecule has 0 radical (unpaired) electrons. The van der Waals surface area contributed by atoms with Gasteiger partial charge in [-0.05, 0) is 47.8 Å². The third-order valence-electron chi connectivity index (χ3n) is 4.04. The van der Waals surface area contributed by atoms with Gasteiger partial charge in [0.25, 0.3) is 0 Å². The molecule has 0 unspecified atom stereocenters. The van der Waals surface area contributed by atoms with Gasteiger partial charge >= 0.3 is 0 Å². The normalized spacial score (nSPS) is 10.3. The van der Waals surface area contributed by atoms with Crippen molar-refractivity contribution in [2.75, 3.05) is 11.6 Å². The summed E-state index contributed by atoms with van der Waals surface area (Å²) in [5.74, 6) is 0. The van der Waals surface area contributed by atoms with Gasteiger partial charge in [-0.2, -0.15) is 0 Å². The smallest absolute Gasteiger partial charge is 0.174 e. The summed E-state index contributed by atoms with van der Waals surface area (Å²) in [6.07, 6.45) is 2.08. The summed E-state index contributed by atoms with van der Waals surface area (Å²) in [7, 11) is 0. The zero-order valence-corrected chi connectivity index (χ0v) is 16.4. The second-order valence-corrected chi connectivity index (χ2v) is 7.26. The Morgan fingerprint density at radius 3 is 1.96 bits per heavy atom. The van der Waals surface area contributed by atoms with E-state index in [4.69, 9.17) is 12.2 Å². The van der Waals surface area contributed by atoms with Gasteiger partial charge in [0.1, 0.15) is 0 Å². The van der Waals surface area contributed by atoms with Gasteiger partial charge in [-0.1, -0.05) is 66.7 Å². The lowest BCUT2D eigenvalue weighted by atomic mass is 10.2. The quantitative estimate of drug-likeness (QED) is 0.430. The standard InChI is InChI=1S/C22H22N2S2/c1-26-21-14-8-13-20(15-21)23-22(25)24(16-18-9-4-2-5-10-18)17-19-11-6-3-7-12-19/h2-15H,16-17H2,1H3,(H,23,25). The molecule has 0 spiro atoms. The van der Waals surface area contributed by atoms with Gasteiger partial charge in [0, 0.05) is 23.7 Å². The molecule has 3 aromatic rings. The monoisotopic (exact) mass is 378 g/mol. The molecular weight excluding hydrogens is 356 g/mol. The zero-order valence-electron chi connectivity index (χ0n) is 14.8. The first-order chi connectivity index (χ1) is 12.7. The number of thioether (sulfide) groups is 1. The fourth-order valence-corrected chi connectivity index (χ4v) is 3.42. The predicted molar refractivity (Wildman–Crippen MR) is 117 cm³/mol. The Balaban J connectivity index is 1.77. The van der Waals surface area contributed by atoms with Crippen LogP contribution < -0.4 is 5.32 Å². The van der Waals surface area contributed by atoms with E-state index in [1.807, 2.05) is 12.1 Å². The number of rotatable bonds is 6. The van der Waals surface area contributed by atoms with E-state index in [9.17, 15) is 0 Å². The molecule has 1 N–H and O–H groups in total. The van der Waals surface area contributed by atoms with Crippen molar-refractivity contribution in [3.8, 4) is 0 Å². The van der Waals surface area contributed by atoms with Crippen molar-refractivity contribution in [3.63, 3.8) is 0 Å². The molecule has 0 aliphatic carbocycles. The third kappa shape index (κ3) is 5.35. The summed E-state index contributed by atoms with van der Waals surface area (Å²) in [5, 5.41) is 4.13. The molecular formula is C22H22N2S2. The van der Waals surface area contributed by atoms with Gasteiger partial charge < -0.3 is 10.2 Å². The van der Waals surface area contributed by atoms with Gasteiger partial charge in [-0.25, -0.2) is 0 Å². The van der Waals surface area contributed by atoms with E-state index in [1.54, 1.807) is 11.8 Å². The highest BCUT2D eigenvalue weighted by atomic mass is 32.2. The maximum atomic E-state index is 5.74. The minimum atomic E-state index is 0.732. The second-order valence-electron chi connectivity index (χ2n) is 5.99. The van der Waals surface area contributed by atoms with Crippen LogP contribution in [0.2, 0.25) is 0 Å². The molecule has 2 nitrogen and oxygen atoms in total. The molecule has 4 heteroatoms. The van der Waals surface area contributed by atoms with Gasteiger partial charge in [-0.3, -0.25) is 0 Å². The first-order valence-corrected chi connectivity index (χ1v) is 10.2. The molecule has 0 bridgehead atoms. The number of hydrogen-bond acceptors (Lipinski definition) is 2. The van der Waals surface area contributed by atoms with E-state index in [0.717, 1.165) is 23.9 Å². The fourth-order valence-electron chi connectivity index (χ4n) is 2.71. The molecule has 0 aliphatic heterocycles. The van der Waals surface area contributed by atoms with Gasteiger partial charge in [0.05, 0.1) is 0 Å². The van der Waals surface area contributed by atoms with Crippen LogP contribution in [0.1, 0.15) is 11.1 Å². The lowest BCUT2D eigenvalue weighted by molar-refractivity contribution is 0.413. The molecule has 0 fully saturated rings. The number of anilines is 1. The summed E-state index contributed by atoms with van der Waals surface area (Å²) >= 11 is 7.47. The van der Waals surface area contributed by atoms with Crippen molar-refractivity contribution in [3.05, 3.63) is 96.1 Å². The average Bonchev–Trinajstić information content (AvgIpc) is 2.69. The summed E-state index contributed by atoms with van der Waals surface area (Å²) in [6.45, 7) is 1.54. The van der Waals surface area contributed by atoms with Crippen LogP contribution in [0.3, 0.4) is 0 Å². The van der Waals surface area contributed by atoms with Crippen LogP contribution in [0.5, 0.6) is 0 Å². The Morgan fingerprint density at radius 1 is 0.846 bits per heavy atom. The minimum absolute atomic E-state index is 0.732. The van der Waals surface area contributed by atoms with E-state index in [1.165, 1.54) is 16.0 Å². The molecule has 0 amide bonds. The summed E-state index contributed by atoms with van der Waals surface area (Å²) < 4.78 is 0. The Kier molecular flexibility index (Phi) is 6.69. The number of nitrogens with zero attached hydrogens (tertiary/aromatic N) is 1. The van der Waals surface area contributed by atoms with Gasteiger partial charge in [0.2, 0.25) is 0 Å². The molecule has 0 heterocycles. The number of thiocarbonyl (C=S) groups is 1. The highest BCUT2D eigenvalue weighted by Crippen LogP contribution is 2.20. The number of benzene rings is 3.